The fraction of sp³-hybridized carbons (Fsp3) is 1.00. The summed E-state index contributed by atoms with van der Waals surface area (Å²) in [6.07, 6.45) is 12.9. The molecule has 3 rings (SSSR count). The Morgan fingerprint density at radius 3 is 2.55 bits per heavy atom. The van der Waals surface area contributed by atoms with Gasteiger partial charge in [-0.3, -0.25) is 4.90 Å². The molecular weight excluding hydrogens is 244 g/mol. The zero-order valence-electron chi connectivity index (χ0n) is 13.7. The van der Waals surface area contributed by atoms with E-state index in [0.717, 1.165) is 18.0 Å². The molecule has 0 saturated heterocycles. The summed E-state index contributed by atoms with van der Waals surface area (Å²) in [5, 5.41) is 3.87. The van der Waals surface area contributed by atoms with Gasteiger partial charge in [0.1, 0.15) is 0 Å². The van der Waals surface area contributed by atoms with Crippen molar-refractivity contribution in [3.05, 3.63) is 0 Å². The molecule has 20 heavy (non-hydrogen) atoms. The molecule has 3 aliphatic rings. The minimum atomic E-state index is 0.581. The highest BCUT2D eigenvalue weighted by Gasteiger charge is 2.40. The van der Waals surface area contributed by atoms with E-state index in [0.29, 0.717) is 5.41 Å². The highest BCUT2D eigenvalue weighted by molar-refractivity contribution is 4.95. The summed E-state index contributed by atoms with van der Waals surface area (Å²) in [5.41, 5.74) is 0.581. The molecule has 0 aromatic rings. The second kappa shape index (κ2) is 6.36. The van der Waals surface area contributed by atoms with Gasteiger partial charge in [0.2, 0.25) is 0 Å². The summed E-state index contributed by atoms with van der Waals surface area (Å²) in [7, 11) is 0. The van der Waals surface area contributed by atoms with E-state index in [9.17, 15) is 0 Å². The number of nitrogens with one attached hydrogen (secondary N) is 1. The minimum Gasteiger partial charge on any atom is -0.313 e. The van der Waals surface area contributed by atoms with Gasteiger partial charge in [-0.05, 0) is 62.8 Å². The predicted octanol–water partition coefficient (Wildman–Crippen LogP) is 3.81. The Balaban J connectivity index is 1.62. The molecule has 0 heterocycles. The summed E-state index contributed by atoms with van der Waals surface area (Å²) >= 11 is 0. The molecule has 0 radical (unpaired) electrons. The number of nitrogens with zero attached hydrogens (tertiary/aromatic N) is 1. The van der Waals surface area contributed by atoms with Gasteiger partial charge in [-0.1, -0.05) is 26.7 Å². The average Bonchev–Trinajstić information content (AvgIpc) is 3.29. The normalized spacial score (nSPS) is 34.6. The third-order valence-corrected chi connectivity index (χ3v) is 5.64. The molecule has 1 N–H and O–H groups in total. The van der Waals surface area contributed by atoms with Crippen LogP contribution >= 0.6 is 0 Å². The van der Waals surface area contributed by atoms with Gasteiger partial charge in [0.25, 0.3) is 0 Å². The van der Waals surface area contributed by atoms with Crippen LogP contribution in [0.3, 0.4) is 0 Å². The van der Waals surface area contributed by atoms with E-state index in [1.54, 1.807) is 0 Å². The van der Waals surface area contributed by atoms with Crippen LogP contribution in [0.15, 0.2) is 0 Å². The van der Waals surface area contributed by atoms with Gasteiger partial charge in [-0.15, -0.1) is 0 Å². The van der Waals surface area contributed by atoms with Gasteiger partial charge in [0, 0.05) is 25.2 Å². The maximum absolute atomic E-state index is 3.87. The Labute approximate surface area is 125 Å². The first-order chi connectivity index (χ1) is 9.71. The third-order valence-electron chi connectivity index (χ3n) is 5.64. The van der Waals surface area contributed by atoms with Gasteiger partial charge >= 0.3 is 0 Å². The second-order valence-electron chi connectivity index (χ2n) is 8.06. The van der Waals surface area contributed by atoms with Crippen molar-refractivity contribution in [3.63, 3.8) is 0 Å². The first-order valence-corrected chi connectivity index (χ1v) is 9.18. The van der Waals surface area contributed by atoms with Crippen molar-refractivity contribution in [2.75, 3.05) is 19.6 Å². The lowest BCUT2D eigenvalue weighted by atomic mass is 9.69. The maximum atomic E-state index is 3.87. The third kappa shape index (κ3) is 3.98. The van der Waals surface area contributed by atoms with Gasteiger partial charge in [0.05, 0.1) is 0 Å². The molecule has 0 spiro atoms. The molecule has 2 atom stereocenters. The highest BCUT2D eigenvalue weighted by Crippen LogP contribution is 2.42. The van der Waals surface area contributed by atoms with E-state index >= 15 is 0 Å². The van der Waals surface area contributed by atoms with Crippen LogP contribution in [0.1, 0.15) is 71.6 Å². The van der Waals surface area contributed by atoms with E-state index < -0.39 is 0 Å². The van der Waals surface area contributed by atoms with Gasteiger partial charge in [-0.2, -0.15) is 0 Å². The fourth-order valence-corrected chi connectivity index (χ4v) is 4.33. The summed E-state index contributed by atoms with van der Waals surface area (Å²) in [4.78, 5) is 2.84. The summed E-state index contributed by atoms with van der Waals surface area (Å²) in [5.74, 6) is 0.937. The molecule has 3 fully saturated rings. The van der Waals surface area contributed by atoms with Crippen molar-refractivity contribution in [1.29, 1.82) is 0 Å². The molecule has 0 aliphatic heterocycles. The first kappa shape index (κ1) is 14.8. The molecular formula is C18H34N2. The molecule has 3 aliphatic carbocycles. The van der Waals surface area contributed by atoms with Crippen LogP contribution in [-0.2, 0) is 0 Å². The van der Waals surface area contributed by atoms with Crippen LogP contribution in [0.5, 0.6) is 0 Å². The Hall–Kier alpha value is -0.0800. The SMILES string of the molecule is CCCN(CC1(CNC2CC2)CCCC(C)C1)C1CC1. The van der Waals surface area contributed by atoms with Crippen molar-refractivity contribution in [2.24, 2.45) is 11.3 Å². The summed E-state index contributed by atoms with van der Waals surface area (Å²) in [6.45, 7) is 8.80. The molecule has 116 valence electrons. The zero-order valence-corrected chi connectivity index (χ0v) is 13.7. The van der Waals surface area contributed by atoms with Crippen LogP contribution in [0.4, 0.5) is 0 Å². The molecule has 3 saturated carbocycles. The number of rotatable bonds is 8. The maximum Gasteiger partial charge on any atom is 0.00966 e. The lowest BCUT2D eigenvalue weighted by Gasteiger charge is -2.44. The van der Waals surface area contributed by atoms with Crippen LogP contribution in [0.25, 0.3) is 0 Å². The van der Waals surface area contributed by atoms with Gasteiger partial charge < -0.3 is 5.32 Å². The van der Waals surface area contributed by atoms with Gasteiger partial charge in [-0.25, -0.2) is 0 Å². The quantitative estimate of drug-likeness (QED) is 0.726. The highest BCUT2D eigenvalue weighted by atomic mass is 15.2. The van der Waals surface area contributed by atoms with Crippen molar-refractivity contribution in [1.82, 2.24) is 10.2 Å². The largest absolute Gasteiger partial charge is 0.313 e. The van der Waals surface area contributed by atoms with Crippen molar-refractivity contribution >= 4 is 0 Å². The van der Waals surface area contributed by atoms with Gasteiger partial charge in [0.15, 0.2) is 0 Å². The topological polar surface area (TPSA) is 15.3 Å². The number of hydrogen-bond donors (Lipinski definition) is 1. The van der Waals surface area contributed by atoms with Crippen LogP contribution in [-0.4, -0.2) is 36.6 Å². The van der Waals surface area contributed by atoms with E-state index in [1.165, 1.54) is 77.4 Å². The molecule has 0 aromatic carbocycles. The van der Waals surface area contributed by atoms with Crippen LogP contribution in [0, 0.1) is 11.3 Å². The van der Waals surface area contributed by atoms with Crippen molar-refractivity contribution in [3.8, 4) is 0 Å². The average molecular weight is 278 g/mol. The summed E-state index contributed by atoms with van der Waals surface area (Å²) < 4.78 is 0. The predicted molar refractivity (Wildman–Crippen MR) is 86.0 cm³/mol. The fourth-order valence-electron chi connectivity index (χ4n) is 4.33. The Morgan fingerprint density at radius 1 is 1.15 bits per heavy atom. The standard InChI is InChI=1S/C18H34N2/c1-3-11-20(17-8-9-17)14-18(13-19-16-6-7-16)10-4-5-15(2)12-18/h15-17,19H,3-14H2,1-2H3. The Morgan fingerprint density at radius 2 is 1.95 bits per heavy atom. The minimum absolute atomic E-state index is 0.581. The monoisotopic (exact) mass is 278 g/mol. The lowest BCUT2D eigenvalue weighted by molar-refractivity contribution is 0.0754. The smallest absolute Gasteiger partial charge is 0.00966 e. The van der Waals surface area contributed by atoms with Crippen LogP contribution in [0.2, 0.25) is 0 Å². The molecule has 2 unspecified atom stereocenters. The molecule has 2 nitrogen and oxygen atoms in total. The number of hydrogen-bond acceptors (Lipinski definition) is 2. The zero-order chi connectivity index (χ0) is 14.0. The van der Waals surface area contributed by atoms with Crippen molar-refractivity contribution < 1.29 is 0 Å². The molecule has 0 amide bonds. The summed E-state index contributed by atoms with van der Waals surface area (Å²) in [6, 6.07) is 1.80. The molecule has 0 aromatic heterocycles. The molecule has 2 heteroatoms. The Bertz CT molecular complexity index is 309. The lowest BCUT2D eigenvalue weighted by Crippen LogP contribution is -2.48. The Kier molecular flexibility index (Phi) is 4.72. The van der Waals surface area contributed by atoms with E-state index in [2.05, 4.69) is 24.1 Å². The van der Waals surface area contributed by atoms with E-state index in [4.69, 9.17) is 0 Å². The van der Waals surface area contributed by atoms with E-state index in [1.807, 2.05) is 0 Å². The first-order valence-electron chi connectivity index (χ1n) is 9.18. The van der Waals surface area contributed by atoms with Crippen LogP contribution < -0.4 is 5.32 Å². The van der Waals surface area contributed by atoms with Crippen molar-refractivity contribution in [2.45, 2.75) is 83.7 Å². The van der Waals surface area contributed by atoms with E-state index in [-0.39, 0.29) is 0 Å². The second-order valence-corrected chi connectivity index (χ2v) is 8.06. The molecule has 0 bridgehead atoms.